The highest BCUT2D eigenvalue weighted by molar-refractivity contribution is 7.10. The van der Waals surface area contributed by atoms with Crippen LogP contribution in [-0.4, -0.2) is 11.5 Å². The SMILES string of the molecule is CCCNC(c1csc(C)c1)c1ncccc1Cl. The molecule has 0 saturated carbocycles. The minimum atomic E-state index is 0.0867. The van der Waals surface area contributed by atoms with Crippen LogP contribution in [0.4, 0.5) is 0 Å². The van der Waals surface area contributed by atoms with Gasteiger partial charge in [-0.1, -0.05) is 18.5 Å². The van der Waals surface area contributed by atoms with E-state index in [4.69, 9.17) is 11.6 Å². The van der Waals surface area contributed by atoms with E-state index >= 15 is 0 Å². The van der Waals surface area contributed by atoms with Gasteiger partial charge < -0.3 is 5.32 Å². The first kappa shape index (κ1) is 13.5. The second kappa shape index (κ2) is 6.32. The molecule has 0 aliphatic rings. The van der Waals surface area contributed by atoms with Crippen LogP contribution in [0.2, 0.25) is 5.02 Å². The van der Waals surface area contributed by atoms with Crippen molar-refractivity contribution in [1.29, 1.82) is 0 Å². The average Bonchev–Trinajstić information content (AvgIpc) is 2.78. The van der Waals surface area contributed by atoms with Gasteiger partial charge in [0.15, 0.2) is 0 Å². The Hall–Kier alpha value is -0.900. The number of rotatable bonds is 5. The Balaban J connectivity index is 2.33. The predicted octanol–water partition coefficient (Wildman–Crippen LogP) is 4.19. The van der Waals surface area contributed by atoms with Gasteiger partial charge >= 0.3 is 0 Å². The van der Waals surface area contributed by atoms with Gasteiger partial charge in [-0.15, -0.1) is 11.3 Å². The van der Waals surface area contributed by atoms with Crippen molar-refractivity contribution in [2.24, 2.45) is 0 Å². The summed E-state index contributed by atoms with van der Waals surface area (Å²) in [5.74, 6) is 0. The number of nitrogens with zero attached hydrogens (tertiary/aromatic N) is 1. The quantitative estimate of drug-likeness (QED) is 0.888. The highest BCUT2D eigenvalue weighted by atomic mass is 35.5. The third kappa shape index (κ3) is 3.10. The maximum Gasteiger partial charge on any atom is 0.0804 e. The number of halogens is 1. The lowest BCUT2D eigenvalue weighted by atomic mass is 10.1. The summed E-state index contributed by atoms with van der Waals surface area (Å²) < 4.78 is 0. The van der Waals surface area contributed by atoms with Gasteiger partial charge in [0.2, 0.25) is 0 Å². The number of hydrogen-bond acceptors (Lipinski definition) is 3. The molecular formula is C14H17ClN2S. The van der Waals surface area contributed by atoms with E-state index in [-0.39, 0.29) is 6.04 Å². The van der Waals surface area contributed by atoms with E-state index in [1.54, 1.807) is 17.5 Å². The molecule has 0 amide bonds. The number of nitrogens with one attached hydrogen (secondary N) is 1. The average molecular weight is 281 g/mol. The van der Waals surface area contributed by atoms with Crippen LogP contribution in [0.15, 0.2) is 29.8 Å². The van der Waals surface area contributed by atoms with Crippen LogP contribution in [0.1, 0.15) is 35.5 Å². The Morgan fingerprint density at radius 2 is 2.33 bits per heavy atom. The normalized spacial score (nSPS) is 12.6. The highest BCUT2D eigenvalue weighted by Gasteiger charge is 2.18. The number of pyridine rings is 1. The zero-order chi connectivity index (χ0) is 13.0. The molecular weight excluding hydrogens is 264 g/mol. The molecule has 0 spiro atoms. The molecule has 1 atom stereocenters. The molecule has 0 fully saturated rings. The summed E-state index contributed by atoms with van der Waals surface area (Å²) in [7, 11) is 0. The zero-order valence-corrected chi connectivity index (χ0v) is 12.2. The summed E-state index contributed by atoms with van der Waals surface area (Å²) in [6, 6.07) is 6.04. The van der Waals surface area contributed by atoms with Crippen LogP contribution in [0.5, 0.6) is 0 Å². The number of aromatic nitrogens is 1. The molecule has 0 radical (unpaired) electrons. The van der Waals surface area contributed by atoms with Crippen molar-refractivity contribution < 1.29 is 0 Å². The van der Waals surface area contributed by atoms with Gasteiger partial charge in [0, 0.05) is 11.1 Å². The Morgan fingerprint density at radius 3 is 2.94 bits per heavy atom. The fourth-order valence-electron chi connectivity index (χ4n) is 1.89. The van der Waals surface area contributed by atoms with Gasteiger partial charge in [0.1, 0.15) is 0 Å². The van der Waals surface area contributed by atoms with Crippen molar-refractivity contribution >= 4 is 22.9 Å². The molecule has 2 aromatic rings. The second-order valence-electron chi connectivity index (χ2n) is 4.25. The molecule has 4 heteroatoms. The molecule has 2 rings (SSSR count). The fraction of sp³-hybridized carbons (Fsp3) is 0.357. The number of hydrogen-bond donors (Lipinski definition) is 1. The molecule has 0 saturated heterocycles. The second-order valence-corrected chi connectivity index (χ2v) is 5.77. The molecule has 0 aromatic carbocycles. The molecule has 2 aromatic heterocycles. The number of thiophene rings is 1. The zero-order valence-electron chi connectivity index (χ0n) is 10.6. The van der Waals surface area contributed by atoms with Crippen molar-refractivity contribution in [3.63, 3.8) is 0 Å². The molecule has 0 aliphatic heterocycles. The molecule has 2 nitrogen and oxygen atoms in total. The van der Waals surface area contributed by atoms with Crippen molar-refractivity contribution in [2.45, 2.75) is 26.3 Å². The maximum atomic E-state index is 6.26. The maximum absolute atomic E-state index is 6.26. The van der Waals surface area contributed by atoms with Gasteiger partial charge in [-0.05, 0) is 49.0 Å². The molecule has 1 N–H and O–H groups in total. The van der Waals surface area contributed by atoms with Crippen LogP contribution in [-0.2, 0) is 0 Å². The molecule has 0 aliphatic carbocycles. The number of aryl methyl sites for hydroxylation is 1. The van der Waals surface area contributed by atoms with E-state index in [1.165, 1.54) is 10.4 Å². The van der Waals surface area contributed by atoms with Crippen molar-refractivity contribution in [3.05, 3.63) is 50.9 Å². The molecule has 0 bridgehead atoms. The molecule has 2 heterocycles. The largest absolute Gasteiger partial charge is 0.305 e. The summed E-state index contributed by atoms with van der Waals surface area (Å²) in [5.41, 5.74) is 2.15. The van der Waals surface area contributed by atoms with Crippen LogP contribution < -0.4 is 5.32 Å². The Bertz CT molecular complexity index is 510. The summed E-state index contributed by atoms with van der Waals surface area (Å²) in [5, 5.41) is 6.41. The Kier molecular flexibility index (Phi) is 4.75. The summed E-state index contributed by atoms with van der Waals surface area (Å²) in [6.45, 7) is 5.22. The predicted molar refractivity (Wildman–Crippen MR) is 78.4 cm³/mol. The Labute approximate surface area is 117 Å². The van der Waals surface area contributed by atoms with Crippen LogP contribution in [0.3, 0.4) is 0 Å². The van der Waals surface area contributed by atoms with Gasteiger partial charge in [-0.25, -0.2) is 0 Å². The topological polar surface area (TPSA) is 24.9 Å². The molecule has 1 unspecified atom stereocenters. The summed E-state index contributed by atoms with van der Waals surface area (Å²) in [4.78, 5) is 5.73. The van der Waals surface area contributed by atoms with E-state index in [0.717, 1.165) is 23.7 Å². The standard InChI is InChI=1S/C14H17ClN2S/c1-3-6-16-13(11-8-10(2)18-9-11)14-12(15)5-4-7-17-14/h4-5,7-9,13,16H,3,6H2,1-2H3. The Morgan fingerprint density at radius 1 is 1.50 bits per heavy atom. The van der Waals surface area contributed by atoms with E-state index in [1.807, 2.05) is 12.1 Å². The van der Waals surface area contributed by atoms with E-state index in [0.29, 0.717) is 0 Å². The van der Waals surface area contributed by atoms with Crippen LogP contribution >= 0.6 is 22.9 Å². The fourth-order valence-corrected chi connectivity index (χ4v) is 2.85. The van der Waals surface area contributed by atoms with E-state index < -0.39 is 0 Å². The van der Waals surface area contributed by atoms with Crippen molar-refractivity contribution in [3.8, 4) is 0 Å². The lowest BCUT2D eigenvalue weighted by molar-refractivity contribution is 0.588. The van der Waals surface area contributed by atoms with Gasteiger partial charge in [-0.2, -0.15) is 0 Å². The smallest absolute Gasteiger partial charge is 0.0804 e. The van der Waals surface area contributed by atoms with Gasteiger partial charge in [-0.3, -0.25) is 4.98 Å². The minimum absolute atomic E-state index is 0.0867. The monoisotopic (exact) mass is 280 g/mol. The first-order chi connectivity index (χ1) is 8.72. The van der Waals surface area contributed by atoms with Crippen molar-refractivity contribution in [1.82, 2.24) is 10.3 Å². The highest BCUT2D eigenvalue weighted by Crippen LogP contribution is 2.29. The van der Waals surface area contributed by atoms with E-state index in [9.17, 15) is 0 Å². The molecule has 96 valence electrons. The summed E-state index contributed by atoms with van der Waals surface area (Å²) >= 11 is 8.01. The first-order valence-corrected chi connectivity index (χ1v) is 7.37. The minimum Gasteiger partial charge on any atom is -0.305 e. The van der Waals surface area contributed by atoms with Gasteiger partial charge in [0.05, 0.1) is 16.8 Å². The third-order valence-electron chi connectivity index (χ3n) is 2.74. The van der Waals surface area contributed by atoms with Crippen LogP contribution in [0, 0.1) is 6.92 Å². The molecule has 18 heavy (non-hydrogen) atoms. The van der Waals surface area contributed by atoms with Gasteiger partial charge in [0.25, 0.3) is 0 Å². The first-order valence-electron chi connectivity index (χ1n) is 6.11. The summed E-state index contributed by atoms with van der Waals surface area (Å²) in [6.07, 6.45) is 2.88. The lowest BCUT2D eigenvalue weighted by Crippen LogP contribution is -2.24. The van der Waals surface area contributed by atoms with E-state index in [2.05, 4.69) is 35.6 Å². The van der Waals surface area contributed by atoms with Crippen molar-refractivity contribution in [2.75, 3.05) is 6.54 Å². The lowest BCUT2D eigenvalue weighted by Gasteiger charge is -2.18. The van der Waals surface area contributed by atoms with Crippen LogP contribution in [0.25, 0.3) is 0 Å². The third-order valence-corrected chi connectivity index (χ3v) is 3.94.